The number of halogens is 1. The molecule has 4 saturated carbocycles. The van der Waals surface area contributed by atoms with Crippen molar-refractivity contribution >= 4 is 33.5 Å². The van der Waals surface area contributed by atoms with Crippen LogP contribution in [0, 0.1) is 17.3 Å². The zero-order valence-corrected chi connectivity index (χ0v) is 20.2. The van der Waals surface area contributed by atoms with E-state index in [0.29, 0.717) is 23.7 Å². The van der Waals surface area contributed by atoms with Crippen LogP contribution in [0.4, 0.5) is 5.69 Å². The summed E-state index contributed by atoms with van der Waals surface area (Å²) in [5.74, 6) is 1.39. The minimum Gasteiger partial charge on any atom is -0.455 e. The molecule has 4 fully saturated rings. The minimum absolute atomic E-state index is 0.0979. The van der Waals surface area contributed by atoms with Crippen LogP contribution in [0.1, 0.15) is 89.2 Å². The van der Waals surface area contributed by atoms with Crippen molar-refractivity contribution in [2.24, 2.45) is 17.3 Å². The Kier molecular flexibility index (Phi) is 5.80. The molecule has 30 heavy (non-hydrogen) atoms. The molecular weight excluding hydrogens is 442 g/mol. The fourth-order valence-electron chi connectivity index (χ4n) is 6.54. The number of anilines is 1. The van der Waals surface area contributed by atoms with Gasteiger partial charge >= 0.3 is 5.97 Å². The number of esters is 1. The highest BCUT2D eigenvalue weighted by Crippen LogP contribution is 2.64. The van der Waals surface area contributed by atoms with Crippen molar-refractivity contribution in [2.45, 2.75) is 82.4 Å². The molecule has 2 atom stereocenters. The molecule has 164 valence electrons. The Morgan fingerprint density at radius 2 is 1.63 bits per heavy atom. The predicted octanol–water partition coefficient (Wildman–Crippen LogP) is 6.15. The van der Waals surface area contributed by atoms with E-state index in [4.69, 9.17) is 4.74 Å². The SMILES string of the molecule is CC(C)c1cccc(C(C)C)c1NC(=O)COC(=O)C12CC3CC(CC(Br)(C3)C1)C2. The number of ether oxygens (including phenoxy) is 1. The smallest absolute Gasteiger partial charge is 0.312 e. The van der Waals surface area contributed by atoms with Crippen LogP contribution in [0.15, 0.2) is 18.2 Å². The zero-order chi connectivity index (χ0) is 21.7. The number of nitrogens with one attached hydrogen (secondary N) is 1. The molecule has 5 heteroatoms. The van der Waals surface area contributed by atoms with Crippen molar-refractivity contribution in [1.82, 2.24) is 0 Å². The van der Waals surface area contributed by atoms with E-state index >= 15 is 0 Å². The summed E-state index contributed by atoms with van der Waals surface area (Å²) in [4.78, 5) is 25.9. The van der Waals surface area contributed by atoms with E-state index in [1.54, 1.807) is 0 Å². The van der Waals surface area contributed by atoms with Crippen molar-refractivity contribution in [3.63, 3.8) is 0 Å². The lowest BCUT2D eigenvalue weighted by Crippen LogP contribution is -2.56. The minimum atomic E-state index is -0.396. The average molecular weight is 476 g/mol. The summed E-state index contributed by atoms with van der Waals surface area (Å²) in [7, 11) is 0. The van der Waals surface area contributed by atoms with Crippen LogP contribution >= 0.6 is 15.9 Å². The number of carbonyl (C=O) groups is 2. The van der Waals surface area contributed by atoms with E-state index in [2.05, 4.69) is 61.1 Å². The Balaban J connectivity index is 1.43. The molecule has 0 aliphatic heterocycles. The van der Waals surface area contributed by atoms with Gasteiger partial charge in [-0.15, -0.1) is 0 Å². The summed E-state index contributed by atoms with van der Waals surface area (Å²) in [6, 6.07) is 6.16. The van der Waals surface area contributed by atoms with Gasteiger partial charge in [0.05, 0.1) is 5.41 Å². The number of alkyl halides is 1. The second-order valence-corrected chi connectivity index (χ2v) is 12.3. The lowest BCUT2D eigenvalue weighted by molar-refractivity contribution is -0.170. The fourth-order valence-corrected chi connectivity index (χ4v) is 8.00. The van der Waals surface area contributed by atoms with Gasteiger partial charge in [-0.2, -0.15) is 0 Å². The highest BCUT2D eigenvalue weighted by molar-refractivity contribution is 9.10. The van der Waals surface area contributed by atoms with E-state index in [1.165, 1.54) is 19.3 Å². The molecule has 5 rings (SSSR count). The van der Waals surface area contributed by atoms with Gasteiger partial charge < -0.3 is 10.1 Å². The number of hydrogen-bond donors (Lipinski definition) is 1. The van der Waals surface area contributed by atoms with Crippen LogP contribution in [0.2, 0.25) is 0 Å². The lowest BCUT2D eigenvalue weighted by Gasteiger charge is -2.58. The number of amides is 1. The molecule has 0 spiro atoms. The van der Waals surface area contributed by atoms with Gasteiger partial charge in [-0.3, -0.25) is 9.59 Å². The van der Waals surface area contributed by atoms with Crippen molar-refractivity contribution < 1.29 is 14.3 Å². The summed E-state index contributed by atoms with van der Waals surface area (Å²) in [6.07, 6.45) is 6.27. The first-order chi connectivity index (χ1) is 14.1. The number of benzene rings is 1. The number of para-hydroxylation sites is 1. The quantitative estimate of drug-likeness (QED) is 0.396. The summed E-state index contributed by atoms with van der Waals surface area (Å²) in [5, 5.41) is 3.05. The second-order valence-electron chi connectivity index (χ2n) is 10.6. The first kappa shape index (κ1) is 21.9. The van der Waals surface area contributed by atoms with E-state index in [1.807, 2.05) is 6.07 Å². The lowest BCUT2D eigenvalue weighted by atomic mass is 9.49. The van der Waals surface area contributed by atoms with Crippen LogP contribution < -0.4 is 5.32 Å². The number of rotatable bonds is 6. The van der Waals surface area contributed by atoms with Crippen LogP contribution in [0.5, 0.6) is 0 Å². The molecule has 4 nitrogen and oxygen atoms in total. The Morgan fingerprint density at radius 1 is 1.07 bits per heavy atom. The van der Waals surface area contributed by atoms with Crippen molar-refractivity contribution in [3.8, 4) is 0 Å². The molecule has 1 N–H and O–H groups in total. The average Bonchev–Trinajstić information content (AvgIpc) is 2.63. The first-order valence-corrected chi connectivity index (χ1v) is 12.2. The van der Waals surface area contributed by atoms with Crippen molar-refractivity contribution in [3.05, 3.63) is 29.3 Å². The molecule has 4 aliphatic rings. The summed E-state index contributed by atoms with van der Waals surface area (Å²) in [5.41, 5.74) is 2.71. The van der Waals surface area contributed by atoms with Crippen LogP contribution in [-0.4, -0.2) is 22.8 Å². The number of carbonyl (C=O) groups excluding carboxylic acids is 2. The largest absolute Gasteiger partial charge is 0.455 e. The van der Waals surface area contributed by atoms with E-state index in [-0.39, 0.29) is 22.8 Å². The molecule has 4 bridgehead atoms. The van der Waals surface area contributed by atoms with Gasteiger partial charge in [-0.05, 0) is 73.3 Å². The molecule has 4 aliphatic carbocycles. The Labute approximate surface area is 188 Å². The van der Waals surface area contributed by atoms with Gasteiger partial charge in [0.2, 0.25) is 0 Å². The maximum Gasteiger partial charge on any atom is 0.312 e. The van der Waals surface area contributed by atoms with E-state index in [9.17, 15) is 9.59 Å². The highest BCUT2D eigenvalue weighted by atomic mass is 79.9. The van der Waals surface area contributed by atoms with Gasteiger partial charge in [-0.25, -0.2) is 0 Å². The maximum atomic E-state index is 13.1. The number of hydrogen-bond acceptors (Lipinski definition) is 3. The third-order valence-corrected chi connectivity index (χ3v) is 8.32. The van der Waals surface area contributed by atoms with Gasteiger partial charge in [0.25, 0.3) is 5.91 Å². The molecule has 2 unspecified atom stereocenters. The monoisotopic (exact) mass is 475 g/mol. The zero-order valence-electron chi connectivity index (χ0n) is 18.6. The normalized spacial score (nSPS) is 32.0. The van der Waals surface area contributed by atoms with Crippen molar-refractivity contribution in [1.29, 1.82) is 0 Å². The van der Waals surface area contributed by atoms with Crippen LogP contribution in [-0.2, 0) is 14.3 Å². The maximum absolute atomic E-state index is 13.1. The van der Waals surface area contributed by atoms with Crippen LogP contribution in [0.25, 0.3) is 0 Å². The Hall–Kier alpha value is -1.36. The first-order valence-electron chi connectivity index (χ1n) is 11.4. The molecule has 0 heterocycles. The highest BCUT2D eigenvalue weighted by Gasteiger charge is 2.60. The van der Waals surface area contributed by atoms with Gasteiger partial charge in [0, 0.05) is 10.0 Å². The van der Waals surface area contributed by atoms with Gasteiger partial charge in [0.1, 0.15) is 0 Å². The van der Waals surface area contributed by atoms with E-state index < -0.39 is 5.41 Å². The third-order valence-electron chi connectivity index (χ3n) is 7.39. The molecule has 1 aromatic rings. The van der Waals surface area contributed by atoms with Crippen LogP contribution in [0.3, 0.4) is 0 Å². The van der Waals surface area contributed by atoms with Gasteiger partial charge in [-0.1, -0.05) is 61.8 Å². The third kappa shape index (κ3) is 4.06. The molecule has 0 aromatic heterocycles. The molecule has 1 amide bonds. The van der Waals surface area contributed by atoms with Crippen molar-refractivity contribution in [2.75, 3.05) is 11.9 Å². The summed E-state index contributed by atoms with van der Waals surface area (Å²) < 4.78 is 5.73. The van der Waals surface area contributed by atoms with Gasteiger partial charge in [0.15, 0.2) is 6.61 Å². The second kappa shape index (κ2) is 7.96. The molecular formula is C25H34BrNO3. The predicted molar refractivity (Wildman–Crippen MR) is 123 cm³/mol. The summed E-state index contributed by atoms with van der Waals surface area (Å²) in [6.45, 7) is 8.28. The summed E-state index contributed by atoms with van der Waals surface area (Å²) >= 11 is 3.94. The standard InChI is InChI=1S/C25H34BrNO3/c1-15(2)19-6-5-7-20(16(3)4)22(19)27-21(28)13-30-23(29)24-9-17-8-18(10-24)12-25(26,11-17)14-24/h5-7,15-18H,8-14H2,1-4H3,(H,27,28). The Morgan fingerprint density at radius 3 is 2.13 bits per heavy atom. The topological polar surface area (TPSA) is 55.4 Å². The molecule has 0 radical (unpaired) electrons. The molecule has 0 saturated heterocycles. The Bertz CT molecular complexity index is 807. The van der Waals surface area contributed by atoms with E-state index in [0.717, 1.165) is 36.1 Å². The molecule has 1 aromatic carbocycles. The fraction of sp³-hybridized carbons (Fsp3) is 0.680.